The zero-order valence-corrected chi connectivity index (χ0v) is 12.5. The Morgan fingerprint density at radius 3 is 2.95 bits per heavy atom. The number of ether oxygens (including phenoxy) is 1. The lowest BCUT2D eigenvalue weighted by molar-refractivity contribution is 0.0698. The molecule has 7 heteroatoms. The van der Waals surface area contributed by atoms with Gasteiger partial charge in [-0.05, 0) is 32.7 Å². The molecule has 0 aromatic carbocycles. The molecule has 1 atom stereocenters. The predicted octanol–water partition coefficient (Wildman–Crippen LogP) is 0.440. The van der Waals surface area contributed by atoms with Crippen LogP contribution in [0.1, 0.15) is 35.7 Å². The maximum absolute atomic E-state index is 12.4. The second kappa shape index (κ2) is 6.53. The van der Waals surface area contributed by atoms with Crippen LogP contribution in [0.4, 0.5) is 0 Å². The van der Waals surface area contributed by atoms with Gasteiger partial charge in [-0.25, -0.2) is 4.98 Å². The summed E-state index contributed by atoms with van der Waals surface area (Å²) in [6.45, 7) is 7.11. The maximum Gasteiger partial charge on any atom is 0.293 e. The first-order valence-electron chi connectivity index (χ1n) is 7.74. The standard InChI is InChI=1S/C14H23N5O2/c1-11-15-13(17-16-11)14(20)19-6-3-5-18(7-8-19)10-12-4-2-9-21-12/h12H,2-10H2,1H3,(H,15,16,17). The number of hydrogen-bond donors (Lipinski definition) is 1. The second-order valence-electron chi connectivity index (χ2n) is 5.83. The highest BCUT2D eigenvalue weighted by molar-refractivity contribution is 5.90. The van der Waals surface area contributed by atoms with Gasteiger partial charge in [-0.2, -0.15) is 0 Å². The first-order valence-corrected chi connectivity index (χ1v) is 7.74. The SMILES string of the molecule is Cc1nc(C(=O)N2CCCN(CC3CCCO3)CC2)n[nH]1. The number of nitrogens with one attached hydrogen (secondary N) is 1. The minimum Gasteiger partial charge on any atom is -0.377 e. The minimum atomic E-state index is -0.0710. The van der Waals surface area contributed by atoms with Crippen LogP contribution in [0, 0.1) is 6.92 Å². The fraction of sp³-hybridized carbons (Fsp3) is 0.786. The number of aromatic amines is 1. The molecule has 1 N–H and O–H groups in total. The molecule has 0 saturated carbocycles. The fourth-order valence-electron chi connectivity index (χ4n) is 3.01. The van der Waals surface area contributed by atoms with E-state index in [0.717, 1.165) is 52.2 Å². The molecule has 1 aromatic rings. The molecule has 0 spiro atoms. The van der Waals surface area contributed by atoms with E-state index in [-0.39, 0.29) is 11.7 Å². The van der Waals surface area contributed by atoms with Gasteiger partial charge < -0.3 is 9.64 Å². The van der Waals surface area contributed by atoms with E-state index < -0.39 is 0 Å². The van der Waals surface area contributed by atoms with Gasteiger partial charge >= 0.3 is 0 Å². The first-order chi connectivity index (χ1) is 10.2. The zero-order valence-electron chi connectivity index (χ0n) is 12.5. The number of carbonyl (C=O) groups excluding carboxylic acids is 1. The van der Waals surface area contributed by atoms with Crippen LogP contribution in [-0.2, 0) is 4.74 Å². The number of hydrogen-bond acceptors (Lipinski definition) is 5. The third-order valence-corrected chi connectivity index (χ3v) is 4.15. The van der Waals surface area contributed by atoms with Gasteiger partial charge in [0.1, 0.15) is 5.82 Å². The third-order valence-electron chi connectivity index (χ3n) is 4.15. The van der Waals surface area contributed by atoms with Gasteiger partial charge in [0.25, 0.3) is 5.91 Å². The Labute approximate surface area is 124 Å². The van der Waals surface area contributed by atoms with Crippen LogP contribution in [-0.4, -0.2) is 76.3 Å². The Morgan fingerprint density at radius 1 is 1.33 bits per heavy atom. The molecule has 0 bridgehead atoms. The largest absolute Gasteiger partial charge is 0.377 e. The van der Waals surface area contributed by atoms with Gasteiger partial charge in [-0.1, -0.05) is 0 Å². The van der Waals surface area contributed by atoms with E-state index in [2.05, 4.69) is 20.1 Å². The van der Waals surface area contributed by atoms with Crippen LogP contribution in [0.25, 0.3) is 0 Å². The fourth-order valence-corrected chi connectivity index (χ4v) is 3.01. The average molecular weight is 293 g/mol. The molecule has 3 heterocycles. The summed E-state index contributed by atoms with van der Waals surface area (Å²) in [7, 11) is 0. The van der Waals surface area contributed by atoms with Crippen molar-refractivity contribution in [1.82, 2.24) is 25.0 Å². The van der Waals surface area contributed by atoms with Crippen LogP contribution >= 0.6 is 0 Å². The van der Waals surface area contributed by atoms with E-state index in [9.17, 15) is 4.79 Å². The molecule has 116 valence electrons. The third kappa shape index (κ3) is 3.59. The number of aryl methyl sites for hydroxylation is 1. The van der Waals surface area contributed by atoms with Gasteiger partial charge in [0.2, 0.25) is 5.82 Å². The first kappa shape index (κ1) is 14.5. The van der Waals surface area contributed by atoms with Gasteiger partial charge in [0, 0.05) is 32.8 Å². The van der Waals surface area contributed by atoms with Crippen molar-refractivity contribution in [2.75, 3.05) is 39.3 Å². The minimum absolute atomic E-state index is 0.0710. The lowest BCUT2D eigenvalue weighted by Crippen LogP contribution is -2.37. The van der Waals surface area contributed by atoms with Crippen molar-refractivity contribution in [1.29, 1.82) is 0 Å². The van der Waals surface area contributed by atoms with Crippen molar-refractivity contribution in [2.24, 2.45) is 0 Å². The van der Waals surface area contributed by atoms with E-state index in [1.54, 1.807) is 6.92 Å². The van der Waals surface area contributed by atoms with Crippen LogP contribution in [0.2, 0.25) is 0 Å². The van der Waals surface area contributed by atoms with Gasteiger partial charge in [-0.3, -0.25) is 14.8 Å². The molecule has 21 heavy (non-hydrogen) atoms. The van der Waals surface area contributed by atoms with E-state index in [4.69, 9.17) is 4.74 Å². The highest BCUT2D eigenvalue weighted by Crippen LogP contribution is 2.15. The summed E-state index contributed by atoms with van der Waals surface area (Å²) in [5.74, 6) is 0.881. The van der Waals surface area contributed by atoms with Crippen molar-refractivity contribution in [3.8, 4) is 0 Å². The molecule has 2 aliphatic rings. The van der Waals surface area contributed by atoms with Crippen LogP contribution < -0.4 is 0 Å². The molecule has 0 aliphatic carbocycles. The van der Waals surface area contributed by atoms with E-state index >= 15 is 0 Å². The Hall–Kier alpha value is -1.47. The van der Waals surface area contributed by atoms with Crippen LogP contribution in [0.15, 0.2) is 0 Å². The highest BCUT2D eigenvalue weighted by atomic mass is 16.5. The average Bonchev–Trinajstić information content (AvgIpc) is 3.07. The summed E-state index contributed by atoms with van der Waals surface area (Å²) in [6, 6.07) is 0. The molecule has 7 nitrogen and oxygen atoms in total. The normalized spacial score (nSPS) is 24.2. The van der Waals surface area contributed by atoms with Gasteiger partial charge in [0.05, 0.1) is 6.10 Å². The van der Waals surface area contributed by atoms with Gasteiger partial charge in [0.15, 0.2) is 0 Å². The monoisotopic (exact) mass is 293 g/mol. The zero-order chi connectivity index (χ0) is 14.7. The van der Waals surface area contributed by atoms with Crippen molar-refractivity contribution in [3.63, 3.8) is 0 Å². The second-order valence-corrected chi connectivity index (χ2v) is 5.83. The van der Waals surface area contributed by atoms with Crippen molar-refractivity contribution < 1.29 is 9.53 Å². The molecule has 0 radical (unpaired) electrons. The number of H-pyrrole nitrogens is 1. The summed E-state index contributed by atoms with van der Waals surface area (Å²) in [5, 5.41) is 6.69. The number of aromatic nitrogens is 3. The Morgan fingerprint density at radius 2 is 2.24 bits per heavy atom. The topological polar surface area (TPSA) is 74.3 Å². The molecule has 1 unspecified atom stereocenters. The van der Waals surface area contributed by atoms with Crippen molar-refractivity contribution in [3.05, 3.63) is 11.6 Å². The van der Waals surface area contributed by atoms with Crippen LogP contribution in [0.3, 0.4) is 0 Å². The maximum atomic E-state index is 12.4. The molecule has 1 aromatic heterocycles. The molecule has 2 aliphatic heterocycles. The van der Waals surface area contributed by atoms with Crippen LogP contribution in [0.5, 0.6) is 0 Å². The number of rotatable bonds is 3. The van der Waals surface area contributed by atoms with E-state index in [1.165, 1.54) is 6.42 Å². The molecular formula is C14H23N5O2. The van der Waals surface area contributed by atoms with Crippen molar-refractivity contribution >= 4 is 5.91 Å². The molecule has 1 amide bonds. The lowest BCUT2D eigenvalue weighted by atomic mass is 10.2. The van der Waals surface area contributed by atoms with Crippen molar-refractivity contribution in [2.45, 2.75) is 32.3 Å². The number of carbonyl (C=O) groups is 1. The summed E-state index contributed by atoms with van der Waals surface area (Å²) < 4.78 is 5.70. The van der Waals surface area contributed by atoms with Gasteiger partial charge in [-0.15, -0.1) is 5.10 Å². The number of nitrogens with zero attached hydrogens (tertiary/aromatic N) is 4. The quantitative estimate of drug-likeness (QED) is 0.875. The molecule has 2 saturated heterocycles. The predicted molar refractivity (Wildman–Crippen MR) is 77.1 cm³/mol. The molecule has 3 rings (SSSR count). The summed E-state index contributed by atoms with van der Waals surface area (Å²) in [5.41, 5.74) is 0. The summed E-state index contributed by atoms with van der Waals surface area (Å²) >= 11 is 0. The highest BCUT2D eigenvalue weighted by Gasteiger charge is 2.25. The van der Waals surface area contributed by atoms with E-state index in [1.807, 2.05) is 4.90 Å². The smallest absolute Gasteiger partial charge is 0.293 e. The Kier molecular flexibility index (Phi) is 4.50. The lowest BCUT2D eigenvalue weighted by Gasteiger charge is -2.23. The Balaban J connectivity index is 1.53. The molecule has 2 fully saturated rings. The Bertz CT molecular complexity index is 483. The summed E-state index contributed by atoms with van der Waals surface area (Å²) in [4.78, 5) is 20.8. The van der Waals surface area contributed by atoms with E-state index in [0.29, 0.717) is 11.9 Å². The molecular weight excluding hydrogens is 270 g/mol. The summed E-state index contributed by atoms with van der Waals surface area (Å²) in [6.07, 6.45) is 3.70. The number of amides is 1.